The van der Waals surface area contributed by atoms with Gasteiger partial charge in [0, 0.05) is 19.0 Å². The number of rotatable bonds is 7. The van der Waals surface area contributed by atoms with Crippen LogP contribution in [0.2, 0.25) is 0 Å². The predicted octanol–water partition coefficient (Wildman–Crippen LogP) is 5.87. The summed E-state index contributed by atoms with van der Waals surface area (Å²) in [6, 6.07) is 0.907. The molecule has 1 aromatic carbocycles. The first-order valence-corrected chi connectivity index (χ1v) is 9.88. The zero-order valence-corrected chi connectivity index (χ0v) is 18.1. The second-order valence-electron chi connectivity index (χ2n) is 6.89. The third-order valence-corrected chi connectivity index (χ3v) is 4.33. The molecular weight excluding hydrogens is 501 g/mol. The number of carbonyl (C=O) groups is 1. The standard InChI is InChI=1S/C20H18F9N3O3/c1-3-5-16(33)35-10-34-15-9-14(20(27,28)29)31-17(32(15)4-2)30-13-7-6-11(18(21,22)23)8-12(13)19(24,25)26/h6-9H,3-5,10H2,1-2H3. The van der Waals surface area contributed by atoms with E-state index in [1.807, 2.05) is 0 Å². The van der Waals surface area contributed by atoms with Crippen LogP contribution in [0.5, 0.6) is 5.88 Å². The van der Waals surface area contributed by atoms with Gasteiger partial charge in [-0.3, -0.25) is 9.36 Å². The fraction of sp³-hybridized carbons (Fsp3) is 0.450. The number of esters is 1. The molecule has 0 fully saturated rings. The maximum Gasteiger partial charge on any atom is 0.433 e. The monoisotopic (exact) mass is 519 g/mol. The lowest BCUT2D eigenvalue weighted by Gasteiger charge is -2.17. The van der Waals surface area contributed by atoms with Gasteiger partial charge >= 0.3 is 24.5 Å². The molecule has 6 nitrogen and oxygen atoms in total. The highest BCUT2D eigenvalue weighted by molar-refractivity contribution is 5.69. The summed E-state index contributed by atoms with van der Waals surface area (Å²) in [6.07, 6.45) is -15.1. The van der Waals surface area contributed by atoms with Crippen LogP contribution in [0.3, 0.4) is 0 Å². The summed E-state index contributed by atoms with van der Waals surface area (Å²) in [4.78, 5) is 18.2. The molecule has 15 heteroatoms. The Morgan fingerprint density at radius 1 is 0.971 bits per heavy atom. The third kappa shape index (κ3) is 7.36. The summed E-state index contributed by atoms with van der Waals surface area (Å²) >= 11 is 0. The molecule has 194 valence electrons. The Hall–Kier alpha value is -3.26. The van der Waals surface area contributed by atoms with Crippen molar-refractivity contribution in [1.29, 1.82) is 0 Å². The van der Waals surface area contributed by atoms with Crippen molar-refractivity contribution in [3.8, 4) is 5.88 Å². The lowest BCUT2D eigenvalue weighted by atomic mass is 10.1. The Labute approximate surface area is 192 Å². The molecule has 0 aliphatic rings. The minimum atomic E-state index is -5.31. The molecule has 1 heterocycles. The number of aromatic nitrogens is 2. The Bertz CT molecular complexity index is 1120. The van der Waals surface area contributed by atoms with Gasteiger partial charge in [-0.25, -0.2) is 9.98 Å². The van der Waals surface area contributed by atoms with Crippen molar-refractivity contribution in [2.45, 2.75) is 51.8 Å². The number of halogens is 9. The van der Waals surface area contributed by atoms with Gasteiger partial charge < -0.3 is 9.47 Å². The Balaban J connectivity index is 2.70. The fourth-order valence-corrected chi connectivity index (χ4v) is 2.72. The molecule has 0 atom stereocenters. The summed E-state index contributed by atoms with van der Waals surface area (Å²) < 4.78 is 130. The highest BCUT2D eigenvalue weighted by Gasteiger charge is 2.39. The van der Waals surface area contributed by atoms with Crippen LogP contribution in [0, 0.1) is 0 Å². The van der Waals surface area contributed by atoms with Gasteiger partial charge in [-0.05, 0) is 31.5 Å². The van der Waals surface area contributed by atoms with E-state index in [2.05, 4.69) is 9.98 Å². The second-order valence-corrected chi connectivity index (χ2v) is 6.89. The van der Waals surface area contributed by atoms with Gasteiger partial charge in [0.2, 0.25) is 18.3 Å². The molecule has 0 unspecified atom stereocenters. The number of hydrogen-bond acceptors (Lipinski definition) is 5. The van der Waals surface area contributed by atoms with E-state index in [4.69, 9.17) is 9.47 Å². The van der Waals surface area contributed by atoms with E-state index in [1.54, 1.807) is 6.92 Å². The summed E-state index contributed by atoms with van der Waals surface area (Å²) in [5.74, 6) is -1.30. The third-order valence-electron chi connectivity index (χ3n) is 4.33. The van der Waals surface area contributed by atoms with Gasteiger partial charge in [0.25, 0.3) is 0 Å². The van der Waals surface area contributed by atoms with Gasteiger partial charge in [-0.15, -0.1) is 0 Å². The molecule has 0 aliphatic carbocycles. The van der Waals surface area contributed by atoms with E-state index >= 15 is 0 Å². The van der Waals surface area contributed by atoms with E-state index in [-0.39, 0.29) is 19.0 Å². The van der Waals surface area contributed by atoms with Gasteiger partial charge in [-0.1, -0.05) is 6.92 Å². The minimum absolute atomic E-state index is 0.00993. The average molecular weight is 519 g/mol. The Morgan fingerprint density at radius 3 is 2.14 bits per heavy atom. The molecule has 0 aliphatic heterocycles. The number of alkyl halides is 9. The first-order chi connectivity index (χ1) is 16.1. The van der Waals surface area contributed by atoms with Crippen LogP contribution in [-0.2, 0) is 34.6 Å². The number of hydrogen-bond donors (Lipinski definition) is 0. The highest BCUT2D eigenvalue weighted by Crippen LogP contribution is 2.40. The van der Waals surface area contributed by atoms with Crippen LogP contribution in [0.25, 0.3) is 0 Å². The number of benzene rings is 1. The quantitative estimate of drug-likeness (QED) is 0.261. The number of ether oxygens (including phenoxy) is 2. The summed E-state index contributed by atoms with van der Waals surface area (Å²) in [5.41, 5.74) is -7.08. The van der Waals surface area contributed by atoms with E-state index in [1.165, 1.54) is 6.92 Å². The van der Waals surface area contributed by atoms with Crippen molar-refractivity contribution in [2.75, 3.05) is 6.79 Å². The van der Waals surface area contributed by atoms with E-state index in [9.17, 15) is 44.3 Å². The fourth-order valence-electron chi connectivity index (χ4n) is 2.72. The topological polar surface area (TPSA) is 65.7 Å². The molecule has 0 amide bonds. The van der Waals surface area contributed by atoms with E-state index in [0.29, 0.717) is 24.6 Å². The molecule has 0 spiro atoms. The smallest absolute Gasteiger partial charge is 0.433 e. The van der Waals surface area contributed by atoms with Gasteiger partial charge in [0.15, 0.2) is 5.69 Å². The van der Waals surface area contributed by atoms with Crippen LogP contribution < -0.4 is 10.4 Å². The molecule has 0 radical (unpaired) electrons. The van der Waals surface area contributed by atoms with Crippen molar-refractivity contribution in [2.24, 2.45) is 4.99 Å². The normalized spacial score (nSPS) is 13.2. The molecule has 35 heavy (non-hydrogen) atoms. The first-order valence-electron chi connectivity index (χ1n) is 9.88. The predicted molar refractivity (Wildman–Crippen MR) is 101 cm³/mol. The largest absolute Gasteiger partial charge is 0.442 e. The number of nitrogens with zero attached hydrogens (tertiary/aromatic N) is 3. The molecule has 2 rings (SSSR count). The maximum absolute atomic E-state index is 13.4. The van der Waals surface area contributed by atoms with Crippen molar-refractivity contribution in [3.63, 3.8) is 0 Å². The Kier molecular flexibility index (Phi) is 8.44. The summed E-state index contributed by atoms with van der Waals surface area (Å²) in [5, 5.41) is 0. The summed E-state index contributed by atoms with van der Waals surface area (Å²) in [7, 11) is 0. The molecule has 1 aromatic heterocycles. The van der Waals surface area contributed by atoms with Crippen molar-refractivity contribution in [1.82, 2.24) is 9.55 Å². The van der Waals surface area contributed by atoms with Crippen molar-refractivity contribution in [3.05, 3.63) is 46.7 Å². The number of carbonyl (C=O) groups excluding carboxylic acids is 1. The molecule has 2 aromatic rings. The zero-order chi connectivity index (χ0) is 26.6. The lowest BCUT2D eigenvalue weighted by molar-refractivity contribution is -0.151. The SMILES string of the molecule is CCCC(=O)OCOc1cc(C(F)(F)F)nc(=Nc2ccc(C(F)(F)F)cc2C(F)(F)F)n1CC. The highest BCUT2D eigenvalue weighted by atomic mass is 19.4. The average Bonchev–Trinajstić information content (AvgIpc) is 2.71. The first kappa shape index (κ1) is 28.0. The lowest BCUT2D eigenvalue weighted by Crippen LogP contribution is -2.29. The van der Waals surface area contributed by atoms with Crippen LogP contribution in [0.1, 0.15) is 43.5 Å². The van der Waals surface area contributed by atoms with Crippen LogP contribution in [-0.4, -0.2) is 22.3 Å². The summed E-state index contributed by atoms with van der Waals surface area (Å²) in [6.45, 7) is 2.02. The van der Waals surface area contributed by atoms with Gasteiger partial charge in [-0.2, -0.15) is 39.5 Å². The zero-order valence-electron chi connectivity index (χ0n) is 18.1. The van der Waals surface area contributed by atoms with Crippen molar-refractivity contribution >= 4 is 11.7 Å². The minimum Gasteiger partial charge on any atom is -0.442 e. The van der Waals surface area contributed by atoms with Crippen LogP contribution in [0.4, 0.5) is 45.2 Å². The molecule has 0 N–H and O–H groups in total. The van der Waals surface area contributed by atoms with Gasteiger partial charge in [0.1, 0.15) is 0 Å². The van der Waals surface area contributed by atoms with Gasteiger partial charge in [0.05, 0.1) is 16.8 Å². The van der Waals surface area contributed by atoms with Crippen molar-refractivity contribution < 1.29 is 53.8 Å². The molecular formula is C20H18F9N3O3. The molecule has 0 saturated heterocycles. The van der Waals surface area contributed by atoms with E-state index < -0.39 is 65.3 Å². The van der Waals surface area contributed by atoms with Crippen LogP contribution >= 0.6 is 0 Å². The van der Waals surface area contributed by atoms with E-state index in [0.717, 1.165) is 4.57 Å². The second kappa shape index (κ2) is 10.6. The maximum atomic E-state index is 13.4. The van der Waals surface area contributed by atoms with Crippen LogP contribution in [0.15, 0.2) is 29.3 Å². The molecule has 0 bridgehead atoms. The molecule has 0 saturated carbocycles. The Morgan fingerprint density at radius 2 is 1.63 bits per heavy atom.